The molecule has 5 nitrogen and oxygen atoms in total. The first-order valence-electron chi connectivity index (χ1n) is 6.41. The molecule has 1 rings (SSSR count). The van der Waals surface area contributed by atoms with E-state index in [1.165, 1.54) is 6.08 Å². The largest absolute Gasteiger partial charge is 0.482 e. The quantitative estimate of drug-likeness (QED) is 0.820. The number of hydrogen-bond donors (Lipinski definition) is 1. The number of carboxylic acids is 1. The van der Waals surface area contributed by atoms with E-state index in [1.807, 2.05) is 13.8 Å². The topological polar surface area (TPSA) is 66.8 Å². The van der Waals surface area contributed by atoms with Crippen LogP contribution in [0.4, 0.5) is 0 Å². The van der Waals surface area contributed by atoms with Crippen LogP contribution in [0.3, 0.4) is 0 Å². The highest BCUT2D eigenvalue weighted by Gasteiger charge is 2.14. The predicted octanol–water partition coefficient (Wildman–Crippen LogP) is 2.68. The Morgan fingerprint density at radius 3 is 2.67 bits per heavy atom. The first-order valence-corrected chi connectivity index (χ1v) is 6.78. The number of para-hydroxylation sites is 1. The second-order valence-electron chi connectivity index (χ2n) is 4.72. The van der Waals surface area contributed by atoms with Crippen molar-refractivity contribution in [3.05, 3.63) is 34.9 Å². The molecule has 6 heteroatoms. The second-order valence-corrected chi connectivity index (χ2v) is 5.12. The fourth-order valence-corrected chi connectivity index (χ4v) is 1.73. The van der Waals surface area contributed by atoms with Gasteiger partial charge in [-0.25, -0.2) is 4.79 Å². The van der Waals surface area contributed by atoms with Crippen molar-refractivity contribution < 1.29 is 19.4 Å². The first kappa shape index (κ1) is 17.0. The van der Waals surface area contributed by atoms with Crippen LogP contribution in [0, 0.1) is 0 Å². The number of carbonyl (C=O) groups is 2. The van der Waals surface area contributed by atoms with E-state index in [9.17, 15) is 9.59 Å². The maximum atomic E-state index is 11.9. The van der Waals surface area contributed by atoms with Crippen molar-refractivity contribution in [1.82, 2.24) is 4.90 Å². The summed E-state index contributed by atoms with van der Waals surface area (Å²) in [6.07, 6.45) is 2.36. The summed E-state index contributed by atoms with van der Waals surface area (Å²) in [6.45, 7) is 3.63. The van der Waals surface area contributed by atoms with E-state index >= 15 is 0 Å². The third-order valence-electron chi connectivity index (χ3n) is 2.91. The van der Waals surface area contributed by atoms with Crippen LogP contribution >= 0.6 is 11.6 Å². The van der Waals surface area contributed by atoms with Crippen LogP contribution in [0.2, 0.25) is 5.02 Å². The third kappa shape index (κ3) is 5.11. The fourth-order valence-electron chi connectivity index (χ4n) is 1.49. The number of benzene rings is 1. The number of rotatable bonds is 6. The Kier molecular flexibility index (Phi) is 6.24. The van der Waals surface area contributed by atoms with E-state index in [2.05, 4.69) is 0 Å². The predicted molar refractivity (Wildman–Crippen MR) is 81.5 cm³/mol. The molecule has 0 aliphatic heterocycles. The molecule has 0 bridgehead atoms. The van der Waals surface area contributed by atoms with E-state index in [1.54, 1.807) is 30.1 Å². The van der Waals surface area contributed by atoms with Crippen LogP contribution in [0.25, 0.3) is 6.08 Å². The van der Waals surface area contributed by atoms with Crippen molar-refractivity contribution in [1.29, 1.82) is 0 Å². The van der Waals surface area contributed by atoms with E-state index in [0.29, 0.717) is 16.3 Å². The molecular weight excluding hydrogens is 294 g/mol. The normalized spacial score (nSPS) is 10.9. The van der Waals surface area contributed by atoms with Gasteiger partial charge in [0.1, 0.15) is 5.75 Å². The smallest absolute Gasteiger partial charge is 0.328 e. The van der Waals surface area contributed by atoms with Crippen LogP contribution in [0.5, 0.6) is 5.75 Å². The van der Waals surface area contributed by atoms with Gasteiger partial charge in [-0.1, -0.05) is 23.7 Å². The zero-order valence-electron chi connectivity index (χ0n) is 12.2. The Hall–Kier alpha value is -2.01. The molecule has 0 aromatic heterocycles. The van der Waals surface area contributed by atoms with Gasteiger partial charge in [-0.05, 0) is 26.0 Å². The summed E-state index contributed by atoms with van der Waals surface area (Å²) in [5.74, 6) is -0.961. The number of halogens is 1. The minimum absolute atomic E-state index is 0.0683. The lowest BCUT2D eigenvalue weighted by molar-refractivity contribution is -0.133. The van der Waals surface area contributed by atoms with Crippen molar-refractivity contribution in [2.45, 2.75) is 19.9 Å². The molecule has 1 aromatic carbocycles. The molecule has 0 unspecified atom stereocenters. The Labute approximate surface area is 128 Å². The van der Waals surface area contributed by atoms with Gasteiger partial charge in [0.05, 0.1) is 5.02 Å². The molecule has 1 N–H and O–H groups in total. The number of aliphatic carboxylic acids is 1. The molecule has 114 valence electrons. The number of nitrogens with zero attached hydrogens (tertiary/aromatic N) is 1. The highest BCUT2D eigenvalue weighted by Crippen LogP contribution is 2.29. The minimum Gasteiger partial charge on any atom is -0.482 e. The summed E-state index contributed by atoms with van der Waals surface area (Å²) < 4.78 is 5.47. The van der Waals surface area contributed by atoms with Gasteiger partial charge in [-0.3, -0.25) is 4.79 Å². The number of ether oxygens (including phenoxy) is 1. The zero-order chi connectivity index (χ0) is 16.0. The van der Waals surface area contributed by atoms with Crippen LogP contribution in [0.15, 0.2) is 24.3 Å². The van der Waals surface area contributed by atoms with Crippen molar-refractivity contribution in [3.63, 3.8) is 0 Å². The van der Waals surface area contributed by atoms with Gasteiger partial charge < -0.3 is 14.7 Å². The van der Waals surface area contributed by atoms with Crippen LogP contribution in [-0.4, -0.2) is 41.6 Å². The van der Waals surface area contributed by atoms with Gasteiger partial charge in [0, 0.05) is 24.7 Å². The van der Waals surface area contributed by atoms with E-state index in [-0.39, 0.29) is 18.6 Å². The molecule has 0 heterocycles. The lowest BCUT2D eigenvalue weighted by Gasteiger charge is -2.21. The summed E-state index contributed by atoms with van der Waals surface area (Å²) in [5.41, 5.74) is 0.505. The van der Waals surface area contributed by atoms with Gasteiger partial charge >= 0.3 is 5.97 Å². The van der Waals surface area contributed by atoms with Crippen LogP contribution in [-0.2, 0) is 9.59 Å². The lowest BCUT2D eigenvalue weighted by atomic mass is 10.2. The van der Waals surface area contributed by atoms with Gasteiger partial charge in [-0.2, -0.15) is 0 Å². The van der Waals surface area contributed by atoms with Crippen LogP contribution in [0.1, 0.15) is 19.4 Å². The summed E-state index contributed by atoms with van der Waals surface area (Å²) >= 11 is 6.04. The summed E-state index contributed by atoms with van der Waals surface area (Å²) in [5, 5.41) is 8.99. The van der Waals surface area contributed by atoms with Gasteiger partial charge in [-0.15, -0.1) is 0 Å². The standard InChI is InChI=1S/C15H18ClNO4/c1-10(2)17(3)13(18)9-21-15-11(7-8-14(19)20)5-4-6-12(15)16/h4-8,10H,9H2,1-3H3,(H,19,20)/b8-7+. The van der Waals surface area contributed by atoms with Gasteiger partial charge in [0.25, 0.3) is 5.91 Å². The highest BCUT2D eigenvalue weighted by atomic mass is 35.5. The number of hydrogen-bond acceptors (Lipinski definition) is 3. The molecule has 0 aliphatic rings. The van der Waals surface area contributed by atoms with E-state index in [4.69, 9.17) is 21.4 Å². The SMILES string of the molecule is CC(C)N(C)C(=O)COc1c(Cl)cccc1/C=C/C(=O)O. The molecule has 0 saturated heterocycles. The lowest BCUT2D eigenvalue weighted by Crippen LogP contribution is -2.36. The number of carboxylic acid groups (broad SMARTS) is 1. The fraction of sp³-hybridized carbons (Fsp3) is 0.333. The Morgan fingerprint density at radius 2 is 2.10 bits per heavy atom. The monoisotopic (exact) mass is 311 g/mol. The van der Waals surface area contributed by atoms with Crippen molar-refractivity contribution in [2.75, 3.05) is 13.7 Å². The van der Waals surface area contributed by atoms with Gasteiger partial charge in [0.2, 0.25) is 0 Å². The summed E-state index contributed by atoms with van der Waals surface area (Å²) in [4.78, 5) is 24.0. The zero-order valence-corrected chi connectivity index (χ0v) is 12.9. The average Bonchev–Trinajstić information content (AvgIpc) is 2.42. The van der Waals surface area contributed by atoms with Crippen molar-refractivity contribution >= 4 is 29.6 Å². The molecule has 0 radical (unpaired) electrons. The Morgan fingerprint density at radius 1 is 1.43 bits per heavy atom. The molecule has 0 fully saturated rings. The summed E-state index contributed by atoms with van der Waals surface area (Å²) in [6, 6.07) is 5.03. The van der Waals surface area contributed by atoms with Crippen molar-refractivity contribution in [2.24, 2.45) is 0 Å². The number of carbonyl (C=O) groups excluding carboxylic acids is 1. The maximum Gasteiger partial charge on any atom is 0.328 e. The Balaban J connectivity index is 2.87. The number of amides is 1. The number of likely N-dealkylation sites (N-methyl/N-ethyl adjacent to an activating group) is 1. The molecule has 0 spiro atoms. The van der Waals surface area contributed by atoms with Crippen molar-refractivity contribution in [3.8, 4) is 5.75 Å². The molecule has 0 atom stereocenters. The first-order chi connectivity index (χ1) is 9.82. The highest BCUT2D eigenvalue weighted by molar-refractivity contribution is 6.32. The molecule has 1 amide bonds. The molecular formula is C15H18ClNO4. The van der Waals surface area contributed by atoms with Gasteiger partial charge in [0.15, 0.2) is 6.61 Å². The maximum absolute atomic E-state index is 11.9. The molecule has 0 saturated carbocycles. The molecule has 21 heavy (non-hydrogen) atoms. The Bertz CT molecular complexity index is 555. The van der Waals surface area contributed by atoms with E-state index < -0.39 is 5.97 Å². The third-order valence-corrected chi connectivity index (χ3v) is 3.21. The molecule has 0 aliphatic carbocycles. The second kappa shape index (κ2) is 7.69. The molecule has 1 aromatic rings. The van der Waals surface area contributed by atoms with E-state index in [0.717, 1.165) is 6.08 Å². The minimum atomic E-state index is -1.07. The average molecular weight is 312 g/mol. The van der Waals surface area contributed by atoms with Crippen LogP contribution < -0.4 is 4.74 Å². The summed E-state index contributed by atoms with van der Waals surface area (Å²) in [7, 11) is 1.69.